The monoisotopic (exact) mass is 270 g/mol. The lowest BCUT2D eigenvalue weighted by Crippen LogP contribution is -2.00. The van der Waals surface area contributed by atoms with Crippen molar-refractivity contribution in [1.82, 2.24) is 4.98 Å². The Labute approximate surface area is 107 Å². The van der Waals surface area contributed by atoms with Crippen molar-refractivity contribution in [3.05, 3.63) is 45.9 Å². The normalized spacial score (nSPS) is 10.6. The Bertz CT molecular complexity index is 531. The first-order valence-corrected chi connectivity index (χ1v) is 6.22. The number of hydrogen-bond donors (Lipinski definition) is 1. The van der Waals surface area contributed by atoms with E-state index in [-0.39, 0.29) is 12.4 Å². The summed E-state index contributed by atoms with van der Waals surface area (Å²) in [5.74, 6) is -1.32. The molecule has 2 aromatic rings. The fraction of sp³-hybridized carbons (Fsp3) is 0.250. The Hall–Kier alpha value is -1.53. The van der Waals surface area contributed by atoms with E-state index in [0.29, 0.717) is 6.54 Å². The van der Waals surface area contributed by atoms with E-state index in [1.165, 1.54) is 17.4 Å². The molecular formula is C12H12F2N2OS. The smallest absolute Gasteiger partial charge is 0.167 e. The maximum absolute atomic E-state index is 13.3. The zero-order valence-electron chi connectivity index (χ0n) is 9.53. The standard InChI is InChI=1S/C12H12F2N2OS/c13-8-1-2-11(10(14)5-8)17-7-12-16-6-9(18-12)3-4-15/h1-2,5-6H,3-4,7,15H2. The molecule has 0 amide bonds. The van der Waals surface area contributed by atoms with E-state index in [2.05, 4.69) is 4.98 Å². The van der Waals surface area contributed by atoms with Crippen LogP contribution in [-0.2, 0) is 13.0 Å². The fourth-order valence-electron chi connectivity index (χ4n) is 1.40. The molecule has 1 aromatic carbocycles. The molecule has 0 aliphatic rings. The van der Waals surface area contributed by atoms with Gasteiger partial charge in [0.1, 0.15) is 17.4 Å². The van der Waals surface area contributed by atoms with Gasteiger partial charge in [0.05, 0.1) is 0 Å². The van der Waals surface area contributed by atoms with Gasteiger partial charge in [0.25, 0.3) is 0 Å². The second-order valence-electron chi connectivity index (χ2n) is 3.62. The minimum Gasteiger partial charge on any atom is -0.483 e. The number of thiazole rings is 1. The van der Waals surface area contributed by atoms with Crippen molar-refractivity contribution in [3.8, 4) is 5.75 Å². The van der Waals surface area contributed by atoms with Gasteiger partial charge in [0, 0.05) is 17.1 Å². The molecule has 6 heteroatoms. The lowest BCUT2D eigenvalue weighted by Gasteiger charge is -2.04. The highest BCUT2D eigenvalue weighted by atomic mass is 32.1. The number of benzene rings is 1. The summed E-state index contributed by atoms with van der Waals surface area (Å²) in [6, 6.07) is 3.20. The summed E-state index contributed by atoms with van der Waals surface area (Å²) in [7, 11) is 0. The van der Waals surface area contributed by atoms with E-state index < -0.39 is 11.6 Å². The van der Waals surface area contributed by atoms with Gasteiger partial charge in [-0.2, -0.15) is 0 Å². The molecule has 1 aromatic heterocycles. The van der Waals surface area contributed by atoms with Crippen LogP contribution in [0.15, 0.2) is 24.4 Å². The van der Waals surface area contributed by atoms with E-state index in [9.17, 15) is 8.78 Å². The molecule has 0 unspecified atom stereocenters. The summed E-state index contributed by atoms with van der Waals surface area (Å²) < 4.78 is 31.2. The molecule has 96 valence electrons. The number of halogens is 2. The Kier molecular flexibility index (Phi) is 4.22. The molecule has 0 aliphatic carbocycles. The summed E-state index contributed by atoms with van der Waals surface area (Å²) in [5.41, 5.74) is 5.43. The van der Waals surface area contributed by atoms with Gasteiger partial charge in [-0.25, -0.2) is 13.8 Å². The van der Waals surface area contributed by atoms with Crippen LogP contribution in [0.25, 0.3) is 0 Å². The third-order valence-corrected chi connectivity index (χ3v) is 3.27. The van der Waals surface area contributed by atoms with Gasteiger partial charge in [0.15, 0.2) is 11.6 Å². The van der Waals surface area contributed by atoms with Crippen LogP contribution in [0.4, 0.5) is 8.78 Å². The first-order valence-electron chi connectivity index (χ1n) is 5.40. The number of nitrogens with two attached hydrogens (primary N) is 1. The minimum absolute atomic E-state index is 0.0203. The number of hydrogen-bond acceptors (Lipinski definition) is 4. The molecule has 0 spiro atoms. The number of aromatic nitrogens is 1. The van der Waals surface area contributed by atoms with Crippen LogP contribution in [0.1, 0.15) is 9.88 Å². The lowest BCUT2D eigenvalue weighted by molar-refractivity contribution is 0.289. The van der Waals surface area contributed by atoms with Gasteiger partial charge in [-0.05, 0) is 25.1 Å². The van der Waals surface area contributed by atoms with Gasteiger partial charge in [-0.3, -0.25) is 0 Å². The summed E-state index contributed by atoms with van der Waals surface area (Å²) in [6.45, 7) is 0.729. The topological polar surface area (TPSA) is 48.1 Å². The summed E-state index contributed by atoms with van der Waals surface area (Å²) >= 11 is 1.47. The minimum atomic E-state index is -0.714. The van der Waals surface area contributed by atoms with Gasteiger partial charge < -0.3 is 10.5 Å². The van der Waals surface area contributed by atoms with Crippen LogP contribution in [0.5, 0.6) is 5.75 Å². The Morgan fingerprint density at radius 2 is 2.17 bits per heavy atom. The number of nitrogens with zero attached hydrogens (tertiary/aromatic N) is 1. The van der Waals surface area contributed by atoms with Crippen LogP contribution in [0.3, 0.4) is 0 Å². The maximum atomic E-state index is 13.3. The zero-order chi connectivity index (χ0) is 13.0. The number of rotatable bonds is 5. The van der Waals surface area contributed by atoms with Crippen molar-refractivity contribution >= 4 is 11.3 Å². The lowest BCUT2D eigenvalue weighted by atomic mass is 10.3. The average molecular weight is 270 g/mol. The maximum Gasteiger partial charge on any atom is 0.167 e. The Morgan fingerprint density at radius 1 is 1.33 bits per heavy atom. The fourth-order valence-corrected chi connectivity index (χ4v) is 2.26. The molecule has 0 atom stereocenters. The Morgan fingerprint density at radius 3 is 2.89 bits per heavy atom. The molecular weight excluding hydrogens is 258 g/mol. The third-order valence-electron chi connectivity index (χ3n) is 2.24. The first kappa shape index (κ1) is 12.9. The third kappa shape index (κ3) is 3.24. The van der Waals surface area contributed by atoms with Gasteiger partial charge in [0.2, 0.25) is 0 Å². The molecule has 18 heavy (non-hydrogen) atoms. The molecule has 0 saturated carbocycles. The molecule has 0 aliphatic heterocycles. The van der Waals surface area contributed by atoms with E-state index >= 15 is 0 Å². The summed E-state index contributed by atoms with van der Waals surface area (Å²) in [6.07, 6.45) is 2.50. The van der Waals surface area contributed by atoms with Crippen molar-refractivity contribution in [1.29, 1.82) is 0 Å². The molecule has 0 bridgehead atoms. The van der Waals surface area contributed by atoms with E-state index in [1.807, 2.05) is 0 Å². The highest BCUT2D eigenvalue weighted by molar-refractivity contribution is 7.11. The second-order valence-corrected chi connectivity index (χ2v) is 4.82. The Balaban J connectivity index is 1.97. The van der Waals surface area contributed by atoms with E-state index in [0.717, 1.165) is 28.4 Å². The van der Waals surface area contributed by atoms with E-state index in [1.54, 1.807) is 6.20 Å². The van der Waals surface area contributed by atoms with Crippen LogP contribution in [0, 0.1) is 11.6 Å². The van der Waals surface area contributed by atoms with Crippen molar-refractivity contribution in [2.75, 3.05) is 6.54 Å². The van der Waals surface area contributed by atoms with Crippen molar-refractivity contribution in [3.63, 3.8) is 0 Å². The van der Waals surface area contributed by atoms with Crippen LogP contribution in [-0.4, -0.2) is 11.5 Å². The SMILES string of the molecule is NCCc1cnc(COc2ccc(F)cc2F)s1. The van der Waals surface area contributed by atoms with Gasteiger partial charge in [-0.1, -0.05) is 0 Å². The van der Waals surface area contributed by atoms with Crippen LogP contribution >= 0.6 is 11.3 Å². The predicted molar refractivity (Wildman–Crippen MR) is 65.6 cm³/mol. The zero-order valence-corrected chi connectivity index (χ0v) is 10.3. The highest BCUT2D eigenvalue weighted by Crippen LogP contribution is 2.20. The summed E-state index contributed by atoms with van der Waals surface area (Å²) in [4.78, 5) is 5.20. The molecule has 1 heterocycles. The van der Waals surface area contributed by atoms with Crippen LogP contribution < -0.4 is 10.5 Å². The molecule has 3 nitrogen and oxygen atoms in total. The van der Waals surface area contributed by atoms with Gasteiger partial charge >= 0.3 is 0 Å². The molecule has 0 fully saturated rings. The van der Waals surface area contributed by atoms with Crippen LogP contribution in [0.2, 0.25) is 0 Å². The highest BCUT2D eigenvalue weighted by Gasteiger charge is 2.07. The predicted octanol–water partition coefficient (Wildman–Crippen LogP) is 2.50. The molecule has 2 N–H and O–H groups in total. The second kappa shape index (κ2) is 5.88. The average Bonchev–Trinajstić information content (AvgIpc) is 2.76. The largest absolute Gasteiger partial charge is 0.483 e. The quantitative estimate of drug-likeness (QED) is 0.908. The van der Waals surface area contributed by atoms with Crippen molar-refractivity contribution < 1.29 is 13.5 Å². The first-order chi connectivity index (χ1) is 8.69. The molecule has 0 radical (unpaired) electrons. The molecule has 2 rings (SSSR count). The van der Waals surface area contributed by atoms with Crippen molar-refractivity contribution in [2.24, 2.45) is 5.73 Å². The summed E-state index contributed by atoms with van der Waals surface area (Å²) in [5, 5.41) is 0.738. The van der Waals surface area contributed by atoms with E-state index in [4.69, 9.17) is 10.5 Å². The van der Waals surface area contributed by atoms with Gasteiger partial charge in [-0.15, -0.1) is 11.3 Å². The molecule has 0 saturated heterocycles. The number of ether oxygens (including phenoxy) is 1. The van der Waals surface area contributed by atoms with Crippen molar-refractivity contribution in [2.45, 2.75) is 13.0 Å².